The molecule has 0 aliphatic heterocycles. The summed E-state index contributed by atoms with van der Waals surface area (Å²) in [5, 5.41) is 18.5. The highest BCUT2D eigenvalue weighted by atomic mass is 16.3. The topological polar surface area (TPSA) is 47.3 Å². The molecular weight excluding hydrogens is 272 g/mol. The molecule has 0 spiro atoms. The van der Waals surface area contributed by atoms with Crippen LogP contribution in [0, 0.1) is 11.3 Å². The Balaban J connectivity index is 2.06. The number of nitriles is 1. The molecule has 0 amide bonds. The molecular formula is C19H22N2O. The lowest BCUT2D eigenvalue weighted by atomic mass is 9.99. The van der Waals surface area contributed by atoms with Crippen molar-refractivity contribution in [2.24, 2.45) is 0 Å². The summed E-state index contributed by atoms with van der Waals surface area (Å²) >= 11 is 0. The van der Waals surface area contributed by atoms with Gasteiger partial charge in [0.05, 0.1) is 17.7 Å². The zero-order chi connectivity index (χ0) is 15.9. The molecule has 0 radical (unpaired) electrons. The van der Waals surface area contributed by atoms with Gasteiger partial charge in [0, 0.05) is 13.1 Å². The van der Waals surface area contributed by atoms with E-state index in [1.54, 1.807) is 0 Å². The van der Waals surface area contributed by atoms with E-state index in [1.165, 1.54) is 5.56 Å². The van der Waals surface area contributed by atoms with E-state index in [2.05, 4.69) is 42.3 Å². The highest BCUT2D eigenvalue weighted by molar-refractivity contribution is 5.70. The Hall–Kier alpha value is -2.15. The largest absolute Gasteiger partial charge is 0.393 e. The van der Waals surface area contributed by atoms with Gasteiger partial charge in [-0.25, -0.2) is 0 Å². The molecule has 1 atom stereocenters. The number of hydrogen-bond donors (Lipinski definition) is 1. The molecule has 0 fully saturated rings. The van der Waals surface area contributed by atoms with E-state index in [-0.39, 0.29) is 6.10 Å². The van der Waals surface area contributed by atoms with Gasteiger partial charge in [-0.1, -0.05) is 42.5 Å². The van der Waals surface area contributed by atoms with E-state index in [4.69, 9.17) is 0 Å². The second-order valence-corrected chi connectivity index (χ2v) is 5.73. The summed E-state index contributed by atoms with van der Waals surface area (Å²) < 4.78 is 0. The van der Waals surface area contributed by atoms with Gasteiger partial charge in [-0.15, -0.1) is 0 Å². The second-order valence-electron chi connectivity index (χ2n) is 5.73. The maximum Gasteiger partial charge on any atom is 0.0998 e. The van der Waals surface area contributed by atoms with Crippen molar-refractivity contribution < 1.29 is 5.11 Å². The summed E-state index contributed by atoms with van der Waals surface area (Å²) in [7, 11) is 2.06. The molecule has 0 saturated heterocycles. The summed E-state index contributed by atoms with van der Waals surface area (Å²) in [5.74, 6) is 0. The maximum absolute atomic E-state index is 9.33. The molecule has 3 heteroatoms. The van der Waals surface area contributed by atoms with Gasteiger partial charge < -0.3 is 10.0 Å². The van der Waals surface area contributed by atoms with Crippen molar-refractivity contribution in [3.8, 4) is 17.2 Å². The molecule has 2 aromatic carbocycles. The van der Waals surface area contributed by atoms with Crippen LogP contribution in [0.25, 0.3) is 11.1 Å². The molecule has 1 N–H and O–H groups in total. The van der Waals surface area contributed by atoms with E-state index in [9.17, 15) is 10.4 Å². The van der Waals surface area contributed by atoms with Crippen LogP contribution >= 0.6 is 0 Å². The molecule has 22 heavy (non-hydrogen) atoms. The predicted molar refractivity (Wildman–Crippen MR) is 89.2 cm³/mol. The Morgan fingerprint density at radius 1 is 1.14 bits per heavy atom. The van der Waals surface area contributed by atoms with E-state index < -0.39 is 0 Å². The van der Waals surface area contributed by atoms with Crippen LogP contribution in [0.1, 0.15) is 24.5 Å². The van der Waals surface area contributed by atoms with Crippen LogP contribution < -0.4 is 0 Å². The zero-order valence-electron chi connectivity index (χ0n) is 13.2. The number of nitrogens with zero attached hydrogens (tertiary/aromatic N) is 2. The van der Waals surface area contributed by atoms with Crippen molar-refractivity contribution >= 4 is 0 Å². The first-order valence-electron chi connectivity index (χ1n) is 7.55. The average molecular weight is 294 g/mol. The number of benzene rings is 2. The monoisotopic (exact) mass is 294 g/mol. The molecule has 0 aromatic heterocycles. The van der Waals surface area contributed by atoms with Gasteiger partial charge in [-0.05, 0) is 43.1 Å². The van der Waals surface area contributed by atoms with E-state index in [0.717, 1.165) is 30.6 Å². The summed E-state index contributed by atoms with van der Waals surface area (Å²) in [4.78, 5) is 2.20. The van der Waals surface area contributed by atoms with Crippen LogP contribution in [0.3, 0.4) is 0 Å². The molecule has 2 rings (SSSR count). The molecule has 0 saturated carbocycles. The van der Waals surface area contributed by atoms with Crippen LogP contribution in [0.5, 0.6) is 0 Å². The van der Waals surface area contributed by atoms with Gasteiger partial charge in [0.1, 0.15) is 0 Å². The zero-order valence-corrected chi connectivity index (χ0v) is 13.2. The number of rotatable bonds is 6. The van der Waals surface area contributed by atoms with Crippen molar-refractivity contribution in [1.82, 2.24) is 4.90 Å². The van der Waals surface area contributed by atoms with E-state index >= 15 is 0 Å². The first kappa shape index (κ1) is 16.2. The lowest BCUT2D eigenvalue weighted by Gasteiger charge is -2.17. The Labute approximate surface area is 132 Å². The average Bonchev–Trinajstić information content (AvgIpc) is 2.53. The molecule has 0 bridgehead atoms. The summed E-state index contributed by atoms with van der Waals surface area (Å²) in [6, 6.07) is 18.2. The fourth-order valence-corrected chi connectivity index (χ4v) is 2.42. The first-order valence-corrected chi connectivity index (χ1v) is 7.55. The minimum absolute atomic E-state index is 0.257. The molecule has 0 heterocycles. The van der Waals surface area contributed by atoms with Gasteiger partial charge in [0.2, 0.25) is 0 Å². The third-order valence-corrected chi connectivity index (χ3v) is 3.69. The van der Waals surface area contributed by atoms with Gasteiger partial charge in [0.25, 0.3) is 0 Å². The van der Waals surface area contributed by atoms with Crippen molar-refractivity contribution in [3.05, 3.63) is 59.7 Å². The van der Waals surface area contributed by atoms with Crippen molar-refractivity contribution in [2.45, 2.75) is 26.0 Å². The lowest BCUT2D eigenvalue weighted by Crippen LogP contribution is -2.22. The van der Waals surface area contributed by atoms with Crippen LogP contribution in [-0.2, 0) is 6.54 Å². The third kappa shape index (κ3) is 4.42. The normalized spacial score (nSPS) is 12.1. The lowest BCUT2D eigenvalue weighted by molar-refractivity contribution is 0.163. The number of aliphatic hydroxyl groups is 1. The Kier molecular flexibility index (Phi) is 5.71. The summed E-state index contributed by atoms with van der Waals surface area (Å²) in [6.45, 7) is 3.54. The maximum atomic E-state index is 9.33. The summed E-state index contributed by atoms with van der Waals surface area (Å²) in [6.07, 6.45) is 0.525. The SMILES string of the molecule is CC(O)CCN(C)Cc1ccc(-c2ccccc2C#N)cc1. The van der Waals surface area contributed by atoms with Crippen LogP contribution in [-0.4, -0.2) is 29.7 Å². The smallest absolute Gasteiger partial charge is 0.0998 e. The predicted octanol–water partition coefficient (Wildman–Crippen LogP) is 3.43. The minimum atomic E-state index is -0.257. The summed E-state index contributed by atoms with van der Waals surface area (Å²) in [5.41, 5.74) is 3.96. The molecule has 3 nitrogen and oxygen atoms in total. The molecule has 114 valence electrons. The highest BCUT2D eigenvalue weighted by Crippen LogP contribution is 2.23. The van der Waals surface area contributed by atoms with E-state index in [1.807, 2.05) is 31.2 Å². The number of hydrogen-bond acceptors (Lipinski definition) is 3. The Bertz CT molecular complexity index is 641. The van der Waals surface area contributed by atoms with Crippen molar-refractivity contribution in [3.63, 3.8) is 0 Å². The Morgan fingerprint density at radius 2 is 1.82 bits per heavy atom. The third-order valence-electron chi connectivity index (χ3n) is 3.69. The minimum Gasteiger partial charge on any atom is -0.393 e. The van der Waals surface area contributed by atoms with Gasteiger partial charge >= 0.3 is 0 Å². The van der Waals surface area contributed by atoms with Crippen molar-refractivity contribution in [2.75, 3.05) is 13.6 Å². The number of aliphatic hydroxyl groups excluding tert-OH is 1. The molecule has 2 aromatic rings. The van der Waals surface area contributed by atoms with Gasteiger partial charge in [-0.2, -0.15) is 5.26 Å². The van der Waals surface area contributed by atoms with Crippen LogP contribution in [0.4, 0.5) is 0 Å². The first-order chi connectivity index (χ1) is 10.6. The standard InChI is InChI=1S/C19H22N2O/c1-15(22)11-12-21(2)14-16-7-9-17(10-8-16)19-6-4-3-5-18(19)13-20/h3-10,15,22H,11-12,14H2,1-2H3. The molecule has 0 aliphatic rings. The fourth-order valence-electron chi connectivity index (χ4n) is 2.42. The van der Waals surface area contributed by atoms with Gasteiger partial charge in [0.15, 0.2) is 0 Å². The Morgan fingerprint density at radius 3 is 2.45 bits per heavy atom. The van der Waals surface area contributed by atoms with Gasteiger partial charge in [-0.3, -0.25) is 0 Å². The molecule has 1 unspecified atom stereocenters. The van der Waals surface area contributed by atoms with E-state index in [0.29, 0.717) is 5.56 Å². The quantitative estimate of drug-likeness (QED) is 0.888. The van der Waals surface area contributed by atoms with Crippen LogP contribution in [0.2, 0.25) is 0 Å². The second kappa shape index (κ2) is 7.74. The van der Waals surface area contributed by atoms with Crippen LogP contribution in [0.15, 0.2) is 48.5 Å². The highest BCUT2D eigenvalue weighted by Gasteiger charge is 2.06. The fraction of sp³-hybridized carbons (Fsp3) is 0.316. The molecule has 0 aliphatic carbocycles. The van der Waals surface area contributed by atoms with Crippen molar-refractivity contribution in [1.29, 1.82) is 5.26 Å².